The second-order valence-electron chi connectivity index (χ2n) is 6.95. The van der Waals surface area contributed by atoms with E-state index >= 15 is 0 Å². The molecule has 0 spiro atoms. The molecule has 2 aromatic rings. The standard InChI is InChI=1S/C21H22N2O3/c24-20(14-26-19-8-2-1-3-9-19)22-17-12-21(25)23(13-17)18-10-15-6-4-5-7-16(15)11-18/h1-9,17-18H,10-14H2,(H,22,24)/t17-/m1/s1. The molecule has 5 nitrogen and oxygen atoms in total. The normalized spacial score (nSPS) is 19.5. The van der Waals surface area contributed by atoms with Crippen LogP contribution in [0.25, 0.3) is 0 Å². The van der Waals surface area contributed by atoms with Crippen molar-refractivity contribution < 1.29 is 14.3 Å². The lowest BCUT2D eigenvalue weighted by Gasteiger charge is -2.24. The third-order valence-corrected chi connectivity index (χ3v) is 5.11. The van der Waals surface area contributed by atoms with Crippen LogP contribution in [0.5, 0.6) is 5.75 Å². The molecule has 2 aliphatic rings. The number of rotatable bonds is 5. The number of carbonyl (C=O) groups is 2. The van der Waals surface area contributed by atoms with Crippen LogP contribution in [0, 0.1) is 0 Å². The van der Waals surface area contributed by atoms with Gasteiger partial charge in [0.25, 0.3) is 5.91 Å². The van der Waals surface area contributed by atoms with E-state index < -0.39 is 0 Å². The number of benzene rings is 2. The van der Waals surface area contributed by atoms with Crippen molar-refractivity contribution in [2.75, 3.05) is 13.2 Å². The van der Waals surface area contributed by atoms with Crippen molar-refractivity contribution in [1.29, 1.82) is 0 Å². The first-order chi connectivity index (χ1) is 12.7. The first kappa shape index (κ1) is 16.6. The van der Waals surface area contributed by atoms with Gasteiger partial charge in [-0.25, -0.2) is 0 Å². The van der Waals surface area contributed by atoms with Crippen LogP contribution in [-0.4, -0.2) is 41.9 Å². The summed E-state index contributed by atoms with van der Waals surface area (Å²) in [5.74, 6) is 0.593. The van der Waals surface area contributed by atoms with Gasteiger partial charge in [0, 0.05) is 19.0 Å². The lowest BCUT2D eigenvalue weighted by Crippen LogP contribution is -2.42. The average Bonchev–Trinajstić information content (AvgIpc) is 3.23. The van der Waals surface area contributed by atoms with E-state index in [9.17, 15) is 9.59 Å². The summed E-state index contributed by atoms with van der Waals surface area (Å²) in [4.78, 5) is 26.5. The molecule has 1 fully saturated rings. The maximum absolute atomic E-state index is 12.4. The highest BCUT2D eigenvalue weighted by Crippen LogP contribution is 2.28. The van der Waals surface area contributed by atoms with Crippen LogP contribution in [0.3, 0.4) is 0 Å². The molecule has 1 N–H and O–H groups in total. The topological polar surface area (TPSA) is 58.6 Å². The zero-order chi connectivity index (χ0) is 17.9. The largest absolute Gasteiger partial charge is 0.484 e. The molecule has 134 valence electrons. The fraction of sp³-hybridized carbons (Fsp3) is 0.333. The maximum Gasteiger partial charge on any atom is 0.258 e. The third-order valence-electron chi connectivity index (χ3n) is 5.11. The van der Waals surface area contributed by atoms with Crippen LogP contribution >= 0.6 is 0 Å². The molecule has 1 heterocycles. The number of nitrogens with one attached hydrogen (secondary N) is 1. The maximum atomic E-state index is 12.4. The first-order valence-electron chi connectivity index (χ1n) is 9.02. The highest BCUT2D eigenvalue weighted by molar-refractivity contribution is 5.83. The van der Waals surface area contributed by atoms with E-state index in [1.165, 1.54) is 11.1 Å². The molecule has 1 atom stereocenters. The SMILES string of the molecule is O=C(COc1ccccc1)N[C@@H]1CC(=O)N(C2Cc3ccccc3C2)C1. The van der Waals surface area contributed by atoms with Crippen molar-refractivity contribution in [3.05, 3.63) is 65.7 Å². The van der Waals surface area contributed by atoms with E-state index in [2.05, 4.69) is 17.4 Å². The zero-order valence-electron chi connectivity index (χ0n) is 14.6. The Morgan fingerprint density at radius 2 is 1.65 bits per heavy atom. The molecule has 1 aliphatic carbocycles. The molecule has 1 saturated heterocycles. The summed E-state index contributed by atoms with van der Waals surface area (Å²) in [7, 11) is 0. The van der Waals surface area contributed by atoms with E-state index in [0.29, 0.717) is 18.7 Å². The van der Waals surface area contributed by atoms with Crippen molar-refractivity contribution in [1.82, 2.24) is 10.2 Å². The highest BCUT2D eigenvalue weighted by atomic mass is 16.5. The Hall–Kier alpha value is -2.82. The Bertz CT molecular complexity index is 781. The molecule has 0 saturated carbocycles. The minimum absolute atomic E-state index is 0.0381. The molecule has 0 bridgehead atoms. The van der Waals surface area contributed by atoms with E-state index in [0.717, 1.165) is 12.8 Å². The van der Waals surface area contributed by atoms with Gasteiger partial charge in [-0.2, -0.15) is 0 Å². The Morgan fingerprint density at radius 1 is 1.00 bits per heavy atom. The number of para-hydroxylation sites is 1. The van der Waals surface area contributed by atoms with Crippen LogP contribution in [0.2, 0.25) is 0 Å². The quantitative estimate of drug-likeness (QED) is 0.897. The highest BCUT2D eigenvalue weighted by Gasteiger charge is 2.37. The van der Waals surface area contributed by atoms with Crippen LogP contribution in [-0.2, 0) is 22.4 Å². The van der Waals surface area contributed by atoms with Crippen molar-refractivity contribution in [3.8, 4) is 5.75 Å². The Labute approximate surface area is 153 Å². The Morgan fingerprint density at radius 3 is 2.35 bits per heavy atom. The molecule has 1 aliphatic heterocycles. The third kappa shape index (κ3) is 3.57. The fourth-order valence-electron chi connectivity index (χ4n) is 3.87. The van der Waals surface area contributed by atoms with Gasteiger partial charge in [-0.05, 0) is 36.1 Å². The van der Waals surface area contributed by atoms with E-state index in [-0.39, 0.29) is 30.5 Å². The number of hydrogen-bond acceptors (Lipinski definition) is 3. The van der Waals surface area contributed by atoms with Gasteiger partial charge < -0.3 is 15.0 Å². The number of likely N-dealkylation sites (tertiary alicyclic amines) is 1. The van der Waals surface area contributed by atoms with Crippen LogP contribution < -0.4 is 10.1 Å². The number of nitrogens with zero attached hydrogens (tertiary/aromatic N) is 1. The van der Waals surface area contributed by atoms with Crippen molar-refractivity contribution in [3.63, 3.8) is 0 Å². The number of hydrogen-bond donors (Lipinski definition) is 1. The smallest absolute Gasteiger partial charge is 0.258 e. The fourth-order valence-corrected chi connectivity index (χ4v) is 3.87. The predicted molar refractivity (Wildman–Crippen MR) is 97.8 cm³/mol. The molecule has 2 aromatic carbocycles. The molecule has 0 aromatic heterocycles. The van der Waals surface area contributed by atoms with E-state index in [1.54, 1.807) is 0 Å². The van der Waals surface area contributed by atoms with E-state index in [1.807, 2.05) is 47.4 Å². The van der Waals surface area contributed by atoms with Crippen LogP contribution in [0.4, 0.5) is 0 Å². The average molecular weight is 350 g/mol. The second-order valence-corrected chi connectivity index (χ2v) is 6.95. The Balaban J connectivity index is 1.29. The summed E-state index contributed by atoms with van der Waals surface area (Å²) in [5, 5.41) is 2.93. The number of fused-ring (bicyclic) bond motifs is 1. The molecule has 0 unspecified atom stereocenters. The molecule has 26 heavy (non-hydrogen) atoms. The van der Waals surface area contributed by atoms with Gasteiger partial charge in [0.15, 0.2) is 6.61 Å². The van der Waals surface area contributed by atoms with Crippen LogP contribution in [0.1, 0.15) is 17.5 Å². The minimum Gasteiger partial charge on any atom is -0.484 e. The van der Waals surface area contributed by atoms with Gasteiger partial charge in [0.05, 0.1) is 6.04 Å². The molecule has 2 amide bonds. The summed E-state index contributed by atoms with van der Waals surface area (Å²) < 4.78 is 5.46. The monoisotopic (exact) mass is 350 g/mol. The summed E-state index contributed by atoms with van der Waals surface area (Å²) in [5.41, 5.74) is 2.66. The number of ether oxygens (including phenoxy) is 1. The lowest BCUT2D eigenvalue weighted by molar-refractivity contribution is -0.129. The number of carbonyl (C=O) groups excluding carboxylic acids is 2. The molecule has 4 rings (SSSR count). The van der Waals surface area contributed by atoms with Crippen molar-refractivity contribution in [2.24, 2.45) is 0 Å². The van der Waals surface area contributed by atoms with Crippen molar-refractivity contribution >= 4 is 11.8 Å². The number of amides is 2. The Kier molecular flexibility index (Phi) is 4.61. The van der Waals surface area contributed by atoms with Gasteiger partial charge in [0.1, 0.15) is 5.75 Å². The minimum atomic E-state index is -0.191. The van der Waals surface area contributed by atoms with Crippen LogP contribution in [0.15, 0.2) is 54.6 Å². The van der Waals surface area contributed by atoms with Gasteiger partial charge in [-0.3, -0.25) is 9.59 Å². The van der Waals surface area contributed by atoms with E-state index in [4.69, 9.17) is 4.74 Å². The van der Waals surface area contributed by atoms with Gasteiger partial charge in [-0.1, -0.05) is 42.5 Å². The van der Waals surface area contributed by atoms with Gasteiger partial charge >= 0.3 is 0 Å². The molecule has 5 heteroatoms. The molecular weight excluding hydrogens is 328 g/mol. The lowest BCUT2D eigenvalue weighted by atomic mass is 10.1. The predicted octanol–water partition coefficient (Wildman–Crippen LogP) is 1.95. The molecule has 0 radical (unpaired) electrons. The summed E-state index contributed by atoms with van der Waals surface area (Å²) in [6, 6.07) is 17.7. The van der Waals surface area contributed by atoms with Gasteiger partial charge in [-0.15, -0.1) is 0 Å². The summed E-state index contributed by atoms with van der Waals surface area (Å²) >= 11 is 0. The first-order valence-corrected chi connectivity index (χ1v) is 9.02. The summed E-state index contributed by atoms with van der Waals surface area (Å²) in [6.07, 6.45) is 2.17. The van der Waals surface area contributed by atoms with Gasteiger partial charge in [0.2, 0.25) is 5.91 Å². The second kappa shape index (κ2) is 7.20. The summed E-state index contributed by atoms with van der Waals surface area (Å²) in [6.45, 7) is 0.540. The van der Waals surface area contributed by atoms with Crippen molar-refractivity contribution in [2.45, 2.75) is 31.3 Å². The zero-order valence-corrected chi connectivity index (χ0v) is 14.6. The molecular formula is C21H22N2O3.